The van der Waals surface area contributed by atoms with Gasteiger partial charge in [0.25, 0.3) is 0 Å². The van der Waals surface area contributed by atoms with Gasteiger partial charge in [-0.05, 0) is 41.5 Å². The quantitative estimate of drug-likeness (QED) is 0.402. The van der Waals surface area contributed by atoms with E-state index in [-0.39, 0.29) is 18.7 Å². The van der Waals surface area contributed by atoms with Gasteiger partial charge in [-0.3, -0.25) is 0 Å². The topological polar surface area (TPSA) is 104 Å². The van der Waals surface area contributed by atoms with Gasteiger partial charge in [0.2, 0.25) is 0 Å². The summed E-state index contributed by atoms with van der Waals surface area (Å²) in [5.41, 5.74) is 7.18. The molecule has 0 fully saturated rings. The smallest absolute Gasteiger partial charge is 0.163 e. The van der Waals surface area contributed by atoms with Crippen molar-refractivity contribution < 1.29 is 9.47 Å². The molecule has 23 heavy (non-hydrogen) atoms. The Hall–Kier alpha value is -1.64. The van der Waals surface area contributed by atoms with E-state index in [2.05, 4.69) is 10.3 Å². The lowest BCUT2D eigenvalue weighted by Gasteiger charge is -2.26. The Morgan fingerprint density at radius 3 is 2.52 bits per heavy atom. The zero-order chi connectivity index (χ0) is 17.6. The molecule has 8 nitrogen and oxygen atoms in total. The summed E-state index contributed by atoms with van der Waals surface area (Å²) in [6.45, 7) is 12.2. The fourth-order valence-corrected chi connectivity index (χ4v) is 1.56. The number of hydrogen-bond acceptors (Lipinski definition) is 7. The van der Waals surface area contributed by atoms with Crippen molar-refractivity contribution in [3.63, 3.8) is 0 Å². The standard InChI is InChI=1S/C15H30N6O2/c1-11(2)20(17)7-13(16)9-22-15(5,6)23-10-14-8-21(12(3)4)19-18-14/h7-8,11-12H,9-10,16-17H2,1-6H3/b13-7-. The van der Waals surface area contributed by atoms with Gasteiger partial charge in [0, 0.05) is 18.3 Å². The first-order valence-electron chi connectivity index (χ1n) is 7.78. The highest BCUT2D eigenvalue weighted by Gasteiger charge is 2.20. The second-order valence-electron chi connectivity index (χ2n) is 6.51. The van der Waals surface area contributed by atoms with Gasteiger partial charge in [0.1, 0.15) is 5.69 Å². The third kappa shape index (κ3) is 6.98. The van der Waals surface area contributed by atoms with Crippen LogP contribution in [-0.4, -0.2) is 38.4 Å². The van der Waals surface area contributed by atoms with Crippen LogP contribution < -0.4 is 11.6 Å². The third-order valence-corrected chi connectivity index (χ3v) is 3.15. The summed E-state index contributed by atoms with van der Waals surface area (Å²) in [6, 6.07) is 0.437. The van der Waals surface area contributed by atoms with E-state index in [9.17, 15) is 0 Å². The number of ether oxygens (including phenoxy) is 2. The van der Waals surface area contributed by atoms with E-state index < -0.39 is 5.79 Å². The minimum absolute atomic E-state index is 0.168. The summed E-state index contributed by atoms with van der Waals surface area (Å²) in [4.78, 5) is 0. The van der Waals surface area contributed by atoms with E-state index >= 15 is 0 Å². The molecule has 4 N–H and O–H groups in total. The molecular formula is C15H30N6O2. The van der Waals surface area contributed by atoms with Crippen LogP contribution in [0.5, 0.6) is 0 Å². The number of nitrogens with two attached hydrogens (primary N) is 2. The van der Waals surface area contributed by atoms with E-state index in [1.54, 1.807) is 10.9 Å². The number of aromatic nitrogens is 3. The van der Waals surface area contributed by atoms with Crippen molar-refractivity contribution in [2.24, 2.45) is 11.6 Å². The first-order chi connectivity index (χ1) is 10.6. The Balaban J connectivity index is 2.46. The molecule has 8 heteroatoms. The molecule has 1 heterocycles. The van der Waals surface area contributed by atoms with Gasteiger partial charge in [0.05, 0.1) is 25.1 Å². The van der Waals surface area contributed by atoms with Gasteiger partial charge in [0.15, 0.2) is 5.79 Å². The highest BCUT2D eigenvalue weighted by atomic mass is 16.7. The third-order valence-electron chi connectivity index (χ3n) is 3.15. The Kier molecular flexibility index (Phi) is 6.99. The number of rotatable bonds is 9. The summed E-state index contributed by atoms with van der Waals surface area (Å²) in [6.07, 6.45) is 3.53. The molecule has 0 saturated heterocycles. The molecule has 0 bridgehead atoms. The lowest BCUT2D eigenvalue weighted by atomic mass is 10.3. The number of hydrazine groups is 1. The zero-order valence-corrected chi connectivity index (χ0v) is 15.0. The van der Waals surface area contributed by atoms with E-state index in [4.69, 9.17) is 21.1 Å². The molecule has 0 unspecified atom stereocenters. The average Bonchev–Trinajstić information content (AvgIpc) is 2.92. The van der Waals surface area contributed by atoms with Crippen molar-refractivity contribution in [2.75, 3.05) is 6.61 Å². The minimum atomic E-state index is -0.794. The zero-order valence-electron chi connectivity index (χ0n) is 15.0. The van der Waals surface area contributed by atoms with Crippen LogP contribution in [0.25, 0.3) is 0 Å². The average molecular weight is 326 g/mol. The summed E-state index contributed by atoms with van der Waals surface area (Å²) in [7, 11) is 0. The van der Waals surface area contributed by atoms with Gasteiger partial charge in [-0.15, -0.1) is 5.10 Å². The van der Waals surface area contributed by atoms with Crippen LogP contribution in [0.3, 0.4) is 0 Å². The van der Waals surface area contributed by atoms with Crippen molar-refractivity contribution >= 4 is 0 Å². The van der Waals surface area contributed by atoms with Crippen LogP contribution in [0, 0.1) is 0 Å². The molecule has 1 aromatic rings. The maximum absolute atomic E-state index is 5.90. The van der Waals surface area contributed by atoms with Gasteiger partial charge in [-0.1, -0.05) is 5.21 Å². The van der Waals surface area contributed by atoms with Crippen molar-refractivity contribution in [3.8, 4) is 0 Å². The minimum Gasteiger partial charge on any atom is -0.399 e. The van der Waals surface area contributed by atoms with Crippen molar-refractivity contribution in [2.45, 2.75) is 66.0 Å². The Morgan fingerprint density at radius 2 is 2.00 bits per heavy atom. The lowest BCUT2D eigenvalue weighted by molar-refractivity contribution is -0.215. The van der Waals surface area contributed by atoms with Gasteiger partial charge >= 0.3 is 0 Å². The molecule has 0 saturated carbocycles. The molecule has 1 aromatic heterocycles. The lowest BCUT2D eigenvalue weighted by Crippen LogP contribution is -2.35. The van der Waals surface area contributed by atoms with Crippen molar-refractivity contribution in [1.82, 2.24) is 20.0 Å². The molecule has 0 aliphatic carbocycles. The van der Waals surface area contributed by atoms with Gasteiger partial charge in [-0.25, -0.2) is 10.5 Å². The molecular weight excluding hydrogens is 296 g/mol. The molecule has 0 aliphatic rings. The van der Waals surface area contributed by atoms with E-state index in [1.165, 1.54) is 5.01 Å². The predicted octanol–water partition coefficient (Wildman–Crippen LogP) is 1.51. The largest absolute Gasteiger partial charge is 0.399 e. The second-order valence-corrected chi connectivity index (χ2v) is 6.51. The second kappa shape index (κ2) is 8.28. The van der Waals surface area contributed by atoms with Crippen molar-refractivity contribution in [1.29, 1.82) is 0 Å². The van der Waals surface area contributed by atoms with Crippen LogP contribution in [0.4, 0.5) is 0 Å². The molecule has 1 rings (SSSR count). The molecule has 0 spiro atoms. The Morgan fingerprint density at radius 1 is 1.35 bits per heavy atom. The van der Waals surface area contributed by atoms with Crippen LogP contribution in [0.15, 0.2) is 18.1 Å². The van der Waals surface area contributed by atoms with Crippen LogP contribution in [0.1, 0.15) is 53.3 Å². The summed E-state index contributed by atoms with van der Waals surface area (Å²) >= 11 is 0. The molecule has 132 valence electrons. The van der Waals surface area contributed by atoms with Crippen LogP contribution >= 0.6 is 0 Å². The van der Waals surface area contributed by atoms with Gasteiger partial charge in [-0.2, -0.15) is 0 Å². The monoisotopic (exact) mass is 326 g/mol. The van der Waals surface area contributed by atoms with Crippen molar-refractivity contribution in [3.05, 3.63) is 23.8 Å². The Bertz CT molecular complexity index is 510. The molecule has 0 aliphatic heterocycles. The summed E-state index contributed by atoms with van der Waals surface area (Å²) in [5, 5.41) is 9.64. The fourth-order valence-electron chi connectivity index (χ4n) is 1.56. The first kappa shape index (κ1) is 19.4. The molecule has 0 atom stereocenters. The highest BCUT2D eigenvalue weighted by Crippen LogP contribution is 2.15. The van der Waals surface area contributed by atoms with Crippen LogP contribution in [0.2, 0.25) is 0 Å². The summed E-state index contributed by atoms with van der Waals surface area (Å²) < 4.78 is 13.2. The molecule has 0 aromatic carbocycles. The van der Waals surface area contributed by atoms with Crippen LogP contribution in [-0.2, 0) is 16.1 Å². The SMILES string of the molecule is CC(C)N(N)/C=C(\N)COC(C)(C)OCc1cn(C(C)C)nn1. The maximum atomic E-state index is 5.90. The predicted molar refractivity (Wildman–Crippen MR) is 88.7 cm³/mol. The fraction of sp³-hybridized carbons (Fsp3) is 0.733. The Labute approximate surface area is 138 Å². The maximum Gasteiger partial charge on any atom is 0.163 e. The van der Waals surface area contributed by atoms with E-state index in [1.807, 2.05) is 47.7 Å². The number of nitrogens with zero attached hydrogens (tertiary/aromatic N) is 4. The highest BCUT2D eigenvalue weighted by molar-refractivity contribution is 4.96. The first-order valence-corrected chi connectivity index (χ1v) is 7.78. The van der Waals surface area contributed by atoms with E-state index in [0.717, 1.165) is 5.69 Å². The molecule has 0 radical (unpaired) electrons. The summed E-state index contributed by atoms with van der Waals surface area (Å²) in [5.74, 6) is 5.00. The number of hydrogen-bond donors (Lipinski definition) is 2. The van der Waals surface area contributed by atoms with E-state index in [0.29, 0.717) is 12.3 Å². The molecule has 0 amide bonds. The van der Waals surface area contributed by atoms with Gasteiger partial charge < -0.3 is 20.2 Å². The normalized spacial score (nSPS) is 13.2.